The van der Waals surface area contributed by atoms with Crippen LogP contribution in [-0.2, 0) is 6.54 Å². The number of aromatic amines is 1. The summed E-state index contributed by atoms with van der Waals surface area (Å²) in [4.78, 5) is 16.9. The van der Waals surface area contributed by atoms with Crippen LogP contribution in [0, 0.1) is 0 Å². The SMILES string of the molecule is CCN(Cc1ccccc1)C(=O)c1cc[nH]c1. The van der Waals surface area contributed by atoms with Gasteiger partial charge in [0, 0.05) is 25.5 Å². The van der Waals surface area contributed by atoms with Crippen LogP contribution < -0.4 is 0 Å². The first kappa shape index (κ1) is 11.5. The maximum absolute atomic E-state index is 12.1. The molecule has 17 heavy (non-hydrogen) atoms. The van der Waals surface area contributed by atoms with E-state index in [1.54, 1.807) is 18.5 Å². The first-order valence-corrected chi connectivity index (χ1v) is 5.77. The number of hydrogen-bond donors (Lipinski definition) is 1. The Bertz CT molecular complexity index is 462. The lowest BCUT2D eigenvalue weighted by Crippen LogP contribution is -2.29. The zero-order chi connectivity index (χ0) is 12.1. The molecule has 0 aliphatic heterocycles. The summed E-state index contributed by atoms with van der Waals surface area (Å²) in [6.45, 7) is 3.35. The standard InChI is InChI=1S/C14H16N2O/c1-2-16(11-12-6-4-3-5-7-12)14(17)13-8-9-15-10-13/h3-10,15H,2,11H2,1H3. The Labute approximate surface area is 101 Å². The summed E-state index contributed by atoms with van der Waals surface area (Å²) < 4.78 is 0. The average Bonchev–Trinajstić information content (AvgIpc) is 2.90. The highest BCUT2D eigenvalue weighted by Gasteiger charge is 2.14. The van der Waals surface area contributed by atoms with Crippen molar-refractivity contribution >= 4 is 5.91 Å². The van der Waals surface area contributed by atoms with Gasteiger partial charge in [0.1, 0.15) is 0 Å². The van der Waals surface area contributed by atoms with Crippen molar-refractivity contribution < 1.29 is 4.79 Å². The number of hydrogen-bond acceptors (Lipinski definition) is 1. The van der Waals surface area contributed by atoms with Crippen LogP contribution in [0.5, 0.6) is 0 Å². The van der Waals surface area contributed by atoms with Gasteiger partial charge in [-0.1, -0.05) is 30.3 Å². The minimum absolute atomic E-state index is 0.0672. The molecule has 1 aromatic heterocycles. The van der Waals surface area contributed by atoms with Crippen molar-refractivity contribution in [1.29, 1.82) is 0 Å². The molecule has 1 heterocycles. The number of amides is 1. The van der Waals surface area contributed by atoms with Crippen LogP contribution in [0.25, 0.3) is 0 Å². The van der Waals surface area contributed by atoms with E-state index < -0.39 is 0 Å². The smallest absolute Gasteiger partial charge is 0.255 e. The summed E-state index contributed by atoms with van der Waals surface area (Å²) in [5, 5.41) is 0. The van der Waals surface area contributed by atoms with E-state index in [0.29, 0.717) is 18.7 Å². The van der Waals surface area contributed by atoms with Gasteiger partial charge in [-0.25, -0.2) is 0 Å². The van der Waals surface area contributed by atoms with Gasteiger partial charge in [0.05, 0.1) is 5.56 Å². The van der Waals surface area contributed by atoms with Gasteiger partial charge in [0.2, 0.25) is 0 Å². The van der Waals surface area contributed by atoms with Crippen molar-refractivity contribution in [2.24, 2.45) is 0 Å². The molecule has 3 heteroatoms. The fourth-order valence-electron chi connectivity index (χ4n) is 1.77. The molecular weight excluding hydrogens is 212 g/mol. The van der Waals surface area contributed by atoms with Crippen LogP contribution in [-0.4, -0.2) is 22.3 Å². The Morgan fingerprint density at radius 3 is 2.59 bits per heavy atom. The third-order valence-corrected chi connectivity index (χ3v) is 2.73. The van der Waals surface area contributed by atoms with Crippen molar-refractivity contribution in [2.75, 3.05) is 6.54 Å². The molecule has 0 bridgehead atoms. The Hall–Kier alpha value is -2.03. The lowest BCUT2D eigenvalue weighted by Gasteiger charge is -2.20. The van der Waals surface area contributed by atoms with Crippen molar-refractivity contribution in [3.8, 4) is 0 Å². The average molecular weight is 228 g/mol. The zero-order valence-corrected chi connectivity index (χ0v) is 9.89. The molecule has 2 rings (SSSR count). The van der Waals surface area contributed by atoms with Gasteiger partial charge in [0.25, 0.3) is 5.91 Å². The third kappa shape index (κ3) is 2.75. The third-order valence-electron chi connectivity index (χ3n) is 2.73. The van der Waals surface area contributed by atoms with Gasteiger partial charge in [-0.05, 0) is 18.6 Å². The van der Waals surface area contributed by atoms with E-state index in [1.165, 1.54) is 0 Å². The number of carbonyl (C=O) groups excluding carboxylic acids is 1. The van der Waals surface area contributed by atoms with Crippen LogP contribution in [0.15, 0.2) is 48.8 Å². The predicted molar refractivity (Wildman–Crippen MR) is 67.6 cm³/mol. The second kappa shape index (κ2) is 5.34. The molecule has 1 N–H and O–H groups in total. The molecule has 0 saturated carbocycles. The Morgan fingerprint density at radius 1 is 1.24 bits per heavy atom. The highest BCUT2D eigenvalue weighted by molar-refractivity contribution is 5.93. The van der Waals surface area contributed by atoms with Gasteiger partial charge >= 0.3 is 0 Å². The Balaban J connectivity index is 2.10. The fraction of sp³-hybridized carbons (Fsp3) is 0.214. The van der Waals surface area contributed by atoms with Crippen molar-refractivity contribution in [2.45, 2.75) is 13.5 Å². The number of carbonyl (C=O) groups is 1. The second-order valence-corrected chi connectivity index (χ2v) is 3.90. The quantitative estimate of drug-likeness (QED) is 0.858. The van der Waals surface area contributed by atoms with E-state index in [4.69, 9.17) is 0 Å². The Kier molecular flexibility index (Phi) is 3.60. The van der Waals surface area contributed by atoms with Crippen molar-refractivity contribution in [1.82, 2.24) is 9.88 Å². The van der Waals surface area contributed by atoms with E-state index in [-0.39, 0.29) is 5.91 Å². The van der Waals surface area contributed by atoms with Crippen LogP contribution in [0.1, 0.15) is 22.8 Å². The van der Waals surface area contributed by atoms with Crippen molar-refractivity contribution in [3.05, 3.63) is 59.9 Å². The van der Waals surface area contributed by atoms with Gasteiger partial charge in [-0.2, -0.15) is 0 Å². The molecule has 88 valence electrons. The summed E-state index contributed by atoms with van der Waals surface area (Å²) in [5.74, 6) is 0.0672. The van der Waals surface area contributed by atoms with Crippen LogP contribution in [0.2, 0.25) is 0 Å². The molecule has 0 saturated heterocycles. The molecule has 0 aliphatic carbocycles. The van der Waals surface area contributed by atoms with Gasteiger partial charge in [0.15, 0.2) is 0 Å². The van der Waals surface area contributed by atoms with Gasteiger partial charge < -0.3 is 9.88 Å². The maximum Gasteiger partial charge on any atom is 0.255 e. The van der Waals surface area contributed by atoms with Crippen LogP contribution in [0.3, 0.4) is 0 Å². The normalized spacial score (nSPS) is 10.2. The summed E-state index contributed by atoms with van der Waals surface area (Å²) in [5.41, 5.74) is 1.86. The maximum atomic E-state index is 12.1. The Morgan fingerprint density at radius 2 is 2.00 bits per heavy atom. The minimum Gasteiger partial charge on any atom is -0.367 e. The first-order chi connectivity index (χ1) is 8.31. The highest BCUT2D eigenvalue weighted by Crippen LogP contribution is 2.09. The topological polar surface area (TPSA) is 36.1 Å². The van der Waals surface area contributed by atoms with E-state index in [1.807, 2.05) is 42.2 Å². The fourth-order valence-corrected chi connectivity index (χ4v) is 1.77. The predicted octanol–water partition coefficient (Wildman–Crippen LogP) is 2.68. The van der Waals surface area contributed by atoms with Crippen LogP contribution in [0.4, 0.5) is 0 Å². The zero-order valence-electron chi connectivity index (χ0n) is 9.89. The molecule has 0 fully saturated rings. The second-order valence-electron chi connectivity index (χ2n) is 3.90. The van der Waals surface area contributed by atoms with E-state index in [0.717, 1.165) is 5.56 Å². The first-order valence-electron chi connectivity index (χ1n) is 5.77. The number of benzene rings is 1. The molecule has 0 unspecified atom stereocenters. The molecule has 0 radical (unpaired) electrons. The van der Waals surface area contributed by atoms with Crippen LogP contribution >= 0.6 is 0 Å². The molecule has 1 aromatic carbocycles. The molecule has 0 atom stereocenters. The number of aromatic nitrogens is 1. The van der Waals surface area contributed by atoms with E-state index in [9.17, 15) is 4.79 Å². The molecule has 2 aromatic rings. The van der Waals surface area contributed by atoms with Gasteiger partial charge in [-0.15, -0.1) is 0 Å². The molecule has 1 amide bonds. The lowest BCUT2D eigenvalue weighted by molar-refractivity contribution is 0.0753. The number of rotatable bonds is 4. The largest absolute Gasteiger partial charge is 0.367 e. The number of nitrogens with one attached hydrogen (secondary N) is 1. The molecule has 3 nitrogen and oxygen atoms in total. The van der Waals surface area contributed by atoms with E-state index >= 15 is 0 Å². The lowest BCUT2D eigenvalue weighted by atomic mass is 10.2. The number of nitrogens with zero attached hydrogens (tertiary/aromatic N) is 1. The highest BCUT2D eigenvalue weighted by atomic mass is 16.2. The molecular formula is C14H16N2O. The minimum atomic E-state index is 0.0672. The molecule has 0 aliphatic rings. The summed E-state index contributed by atoms with van der Waals surface area (Å²) in [6.07, 6.45) is 3.50. The number of H-pyrrole nitrogens is 1. The van der Waals surface area contributed by atoms with Gasteiger partial charge in [-0.3, -0.25) is 4.79 Å². The summed E-state index contributed by atoms with van der Waals surface area (Å²) >= 11 is 0. The molecule has 0 spiro atoms. The van der Waals surface area contributed by atoms with Crippen molar-refractivity contribution in [3.63, 3.8) is 0 Å². The van der Waals surface area contributed by atoms with E-state index in [2.05, 4.69) is 4.98 Å². The summed E-state index contributed by atoms with van der Waals surface area (Å²) in [6, 6.07) is 11.8. The summed E-state index contributed by atoms with van der Waals surface area (Å²) in [7, 11) is 0. The monoisotopic (exact) mass is 228 g/mol.